The Bertz CT molecular complexity index is 1490. The summed E-state index contributed by atoms with van der Waals surface area (Å²) in [6, 6.07) is 13.6. The predicted octanol–water partition coefficient (Wildman–Crippen LogP) is 5.50. The minimum atomic E-state index is -0.220. The Morgan fingerprint density at radius 1 is 1.16 bits per heavy atom. The molecule has 1 spiro atoms. The summed E-state index contributed by atoms with van der Waals surface area (Å²) in [6.45, 7) is 2.36. The van der Waals surface area contributed by atoms with Crippen LogP contribution >= 0.6 is 22.9 Å². The van der Waals surface area contributed by atoms with Crippen molar-refractivity contribution in [2.24, 2.45) is 11.3 Å². The number of aromatic nitrogens is 4. The van der Waals surface area contributed by atoms with Gasteiger partial charge < -0.3 is 10.1 Å². The second-order valence-corrected chi connectivity index (χ2v) is 12.0. The van der Waals surface area contributed by atoms with Gasteiger partial charge in [0.05, 0.1) is 30.4 Å². The molecule has 2 heterocycles. The molecule has 0 aliphatic heterocycles. The molecule has 196 valence electrons. The number of esters is 1. The number of hydrogen-bond acceptors (Lipinski definition) is 7. The molecule has 0 radical (unpaired) electrons. The minimum Gasteiger partial charge on any atom is -0.466 e. The van der Waals surface area contributed by atoms with Crippen molar-refractivity contribution in [3.05, 3.63) is 64.3 Å². The number of ether oxygens (including phenoxy) is 1. The van der Waals surface area contributed by atoms with Crippen LogP contribution in [-0.4, -0.2) is 44.5 Å². The maximum Gasteiger partial charge on any atom is 0.302 e. The van der Waals surface area contributed by atoms with E-state index in [2.05, 4.69) is 20.6 Å². The van der Waals surface area contributed by atoms with Crippen molar-refractivity contribution < 1.29 is 14.3 Å². The lowest BCUT2D eigenvalue weighted by Crippen LogP contribution is -2.56. The molecule has 0 unspecified atom stereocenters. The monoisotopic (exact) mass is 549 g/mol. The number of rotatable bonds is 8. The molecule has 2 aliphatic carbocycles. The maximum atomic E-state index is 13.4. The number of halogens is 1. The zero-order valence-corrected chi connectivity index (χ0v) is 22.6. The van der Waals surface area contributed by atoms with E-state index in [0.717, 1.165) is 58.6 Å². The van der Waals surface area contributed by atoms with Crippen LogP contribution in [0.2, 0.25) is 5.02 Å². The summed E-state index contributed by atoms with van der Waals surface area (Å²) in [6.07, 6.45) is 6.91. The lowest BCUT2D eigenvalue weighted by atomic mass is 9.49. The molecule has 8 nitrogen and oxygen atoms in total. The van der Waals surface area contributed by atoms with Crippen LogP contribution in [0.3, 0.4) is 0 Å². The molecule has 0 atom stereocenters. The lowest BCUT2D eigenvalue weighted by molar-refractivity contribution is -0.142. The molecule has 2 aromatic heterocycles. The number of nitrogens with zero attached hydrogens (tertiary/aromatic N) is 4. The van der Waals surface area contributed by atoms with Crippen molar-refractivity contribution >= 4 is 45.7 Å². The van der Waals surface area contributed by atoms with Gasteiger partial charge >= 0.3 is 5.97 Å². The molecule has 0 bridgehead atoms. The van der Waals surface area contributed by atoms with E-state index in [1.165, 1.54) is 18.3 Å². The molecule has 0 saturated heterocycles. The van der Waals surface area contributed by atoms with Crippen LogP contribution in [-0.2, 0) is 16.1 Å². The van der Waals surface area contributed by atoms with E-state index < -0.39 is 0 Å². The van der Waals surface area contributed by atoms with E-state index in [1.807, 2.05) is 36.4 Å². The van der Waals surface area contributed by atoms with Crippen LogP contribution < -0.4 is 5.32 Å². The number of hydrogen-bond donors (Lipinski definition) is 1. The Balaban J connectivity index is 1.12. The van der Waals surface area contributed by atoms with Gasteiger partial charge in [-0.25, -0.2) is 0 Å². The van der Waals surface area contributed by atoms with E-state index in [9.17, 15) is 9.59 Å². The summed E-state index contributed by atoms with van der Waals surface area (Å²) in [7, 11) is 0. The van der Waals surface area contributed by atoms with Gasteiger partial charge in [0.1, 0.15) is 10.0 Å². The number of fused-ring (bicyclic) bond motifs is 1. The normalized spacial score (nSPS) is 22.2. The molecule has 1 amide bonds. The van der Waals surface area contributed by atoms with Gasteiger partial charge in [0, 0.05) is 28.9 Å². The fourth-order valence-corrected chi connectivity index (χ4v) is 7.11. The average Bonchev–Trinajstić information content (AvgIpc) is 3.48. The number of amides is 1. The molecule has 2 saturated carbocycles. The molecule has 6 rings (SSSR count). The van der Waals surface area contributed by atoms with Crippen LogP contribution in [0.15, 0.2) is 48.7 Å². The summed E-state index contributed by atoms with van der Waals surface area (Å²) in [5.41, 5.74) is 2.62. The van der Waals surface area contributed by atoms with Crippen LogP contribution in [0.5, 0.6) is 0 Å². The van der Waals surface area contributed by atoms with E-state index in [-0.39, 0.29) is 17.9 Å². The van der Waals surface area contributed by atoms with Gasteiger partial charge in [-0.2, -0.15) is 5.10 Å². The number of carbonyl (C=O) groups is 2. The second-order valence-electron chi connectivity index (χ2n) is 10.5. The first kappa shape index (κ1) is 25.0. The molecular formula is C28H28ClN5O3S. The van der Waals surface area contributed by atoms with Crippen molar-refractivity contribution in [1.29, 1.82) is 0 Å². The van der Waals surface area contributed by atoms with Gasteiger partial charge in [0.2, 0.25) is 0 Å². The fraction of sp³-hybridized carbons (Fsp3) is 0.393. The van der Waals surface area contributed by atoms with Gasteiger partial charge in [-0.1, -0.05) is 53.3 Å². The Kier molecular flexibility index (Phi) is 6.65. The maximum absolute atomic E-state index is 13.4. The van der Waals surface area contributed by atoms with Crippen molar-refractivity contribution in [1.82, 2.24) is 25.3 Å². The smallest absolute Gasteiger partial charge is 0.302 e. The summed E-state index contributed by atoms with van der Waals surface area (Å²) in [4.78, 5) is 24.4. The number of benzene rings is 2. The number of carbonyl (C=O) groups excluding carboxylic acids is 2. The third-order valence-corrected chi connectivity index (χ3v) is 8.86. The topological polar surface area (TPSA) is 99.0 Å². The summed E-state index contributed by atoms with van der Waals surface area (Å²) >= 11 is 7.89. The van der Waals surface area contributed by atoms with Gasteiger partial charge in [-0.05, 0) is 55.6 Å². The quantitative estimate of drug-likeness (QED) is 0.291. The van der Waals surface area contributed by atoms with Gasteiger partial charge in [0.25, 0.3) is 5.91 Å². The van der Waals surface area contributed by atoms with Crippen molar-refractivity contribution in [2.75, 3.05) is 6.61 Å². The molecule has 38 heavy (non-hydrogen) atoms. The molecule has 2 fully saturated rings. The highest BCUT2D eigenvalue weighted by Crippen LogP contribution is 2.59. The molecule has 10 heteroatoms. The Morgan fingerprint density at radius 2 is 1.95 bits per heavy atom. The third kappa shape index (κ3) is 5.05. The van der Waals surface area contributed by atoms with E-state index in [0.29, 0.717) is 35.1 Å². The van der Waals surface area contributed by atoms with Crippen LogP contribution in [0.1, 0.15) is 54.4 Å². The average molecular weight is 550 g/mol. The summed E-state index contributed by atoms with van der Waals surface area (Å²) in [5, 5.41) is 19.4. The molecular weight excluding hydrogens is 522 g/mol. The van der Waals surface area contributed by atoms with Crippen LogP contribution in [0, 0.1) is 11.3 Å². The first-order valence-electron chi connectivity index (χ1n) is 12.8. The molecule has 2 aliphatic rings. The molecule has 1 N–H and O–H groups in total. The lowest BCUT2D eigenvalue weighted by Gasteiger charge is -2.58. The first-order valence-corrected chi connectivity index (χ1v) is 14.0. The van der Waals surface area contributed by atoms with Crippen molar-refractivity contribution in [3.8, 4) is 10.6 Å². The highest BCUT2D eigenvalue weighted by atomic mass is 35.5. The highest BCUT2D eigenvalue weighted by Gasteiger charge is 2.52. The van der Waals surface area contributed by atoms with Gasteiger partial charge in [0.15, 0.2) is 0 Å². The van der Waals surface area contributed by atoms with Crippen LogP contribution in [0.25, 0.3) is 21.5 Å². The minimum absolute atomic E-state index is 0.132. The highest BCUT2D eigenvalue weighted by molar-refractivity contribution is 7.14. The largest absolute Gasteiger partial charge is 0.466 e. The van der Waals surface area contributed by atoms with E-state index in [4.69, 9.17) is 16.3 Å². The van der Waals surface area contributed by atoms with E-state index in [1.54, 1.807) is 16.9 Å². The second kappa shape index (κ2) is 10.1. The fourth-order valence-electron chi connectivity index (χ4n) is 6.05. The molecule has 4 aromatic rings. The van der Waals surface area contributed by atoms with E-state index >= 15 is 0 Å². The number of nitrogens with one attached hydrogen (secondary N) is 1. The van der Waals surface area contributed by atoms with Crippen molar-refractivity contribution in [2.45, 2.75) is 51.6 Å². The zero-order chi connectivity index (χ0) is 26.3. The molecule has 2 aromatic carbocycles. The summed E-state index contributed by atoms with van der Waals surface area (Å²) in [5.74, 6) is 0.255. The summed E-state index contributed by atoms with van der Waals surface area (Å²) < 4.78 is 6.88. The Labute approximate surface area is 229 Å². The third-order valence-electron chi connectivity index (χ3n) is 7.68. The SMILES string of the molecule is CC(=O)OCCC1CC2(C1)CC(NC(=O)c1cc(Cl)cc3cnn(Cc4nnc(-c5ccccc5)s4)c13)C2. The first-order chi connectivity index (χ1) is 18.4. The standard InChI is InChI=1S/C28H28ClN5O3S/c1-17(35)37-8-7-18-11-28(12-18)13-22(14-28)31-26(36)23-10-21(29)9-20-15-30-34(25(20)23)16-24-32-33-27(38-24)19-5-3-2-4-6-19/h2-6,9-10,15,18,22H,7-8,11-14,16H2,1H3,(H,31,36). The van der Waals surface area contributed by atoms with Gasteiger partial charge in [-0.3, -0.25) is 14.3 Å². The Hall–Kier alpha value is -3.30. The van der Waals surface area contributed by atoms with Crippen LogP contribution in [0.4, 0.5) is 0 Å². The van der Waals surface area contributed by atoms with Gasteiger partial charge in [-0.15, -0.1) is 10.2 Å². The van der Waals surface area contributed by atoms with Crippen molar-refractivity contribution in [3.63, 3.8) is 0 Å². The predicted molar refractivity (Wildman–Crippen MR) is 146 cm³/mol. The zero-order valence-electron chi connectivity index (χ0n) is 21.0. The Morgan fingerprint density at radius 3 is 2.71 bits per heavy atom.